The average molecular weight is 761 g/mol. The maximum absolute atomic E-state index is 15.2. The van der Waals surface area contributed by atoms with Crippen molar-refractivity contribution < 1.29 is 18.7 Å². The smallest absolute Gasteiger partial charge is 0.251 e. The third-order valence-electron chi connectivity index (χ3n) is 10.8. The van der Waals surface area contributed by atoms with Crippen molar-refractivity contribution in [2.75, 3.05) is 38.2 Å². The van der Waals surface area contributed by atoms with Gasteiger partial charge in [0.1, 0.15) is 5.82 Å². The van der Waals surface area contributed by atoms with E-state index >= 15 is 4.39 Å². The van der Waals surface area contributed by atoms with Crippen LogP contribution in [-0.2, 0) is 37.3 Å². The number of nitrogens with zero attached hydrogens (tertiary/aromatic N) is 4. The van der Waals surface area contributed by atoms with Gasteiger partial charge in [-0.25, -0.2) is 14.1 Å². The fraction of sp³-hybridized carbons (Fsp3) is 0.409. The SMILES string of the molecule is CCc1nc2c(cnn2CC)c(NC2CCOCC2)c1CNC(=O)c1cc(C)cc(C(=O)NCc2ccc(F)c(-c3cccc(CN4CCN[C@H](C)C4)c3)c2)c1. The van der Waals surface area contributed by atoms with Crippen LogP contribution in [0.25, 0.3) is 22.2 Å². The number of aromatic nitrogens is 3. The van der Waals surface area contributed by atoms with Gasteiger partial charge in [0.25, 0.3) is 11.8 Å². The molecule has 2 aromatic heterocycles. The molecule has 294 valence electrons. The molecule has 2 fully saturated rings. The molecule has 3 aromatic carbocycles. The summed E-state index contributed by atoms with van der Waals surface area (Å²) in [4.78, 5) is 34.6. The van der Waals surface area contributed by atoms with Gasteiger partial charge in [-0.2, -0.15) is 5.10 Å². The van der Waals surface area contributed by atoms with Crippen molar-refractivity contribution in [3.63, 3.8) is 0 Å². The number of rotatable bonds is 13. The van der Waals surface area contributed by atoms with Gasteiger partial charge in [-0.1, -0.05) is 31.2 Å². The van der Waals surface area contributed by atoms with E-state index in [1.54, 1.807) is 30.3 Å². The molecule has 5 aromatic rings. The number of hydrogen-bond acceptors (Lipinski definition) is 8. The van der Waals surface area contributed by atoms with E-state index in [1.165, 1.54) is 6.07 Å². The van der Waals surface area contributed by atoms with Gasteiger partial charge in [0.05, 0.1) is 17.3 Å². The van der Waals surface area contributed by atoms with Gasteiger partial charge in [0, 0.05) is 99.1 Å². The fourth-order valence-electron chi connectivity index (χ4n) is 7.86. The topological polar surface area (TPSA) is 125 Å². The minimum absolute atomic E-state index is 0.201. The lowest BCUT2D eigenvalue weighted by Gasteiger charge is -2.31. The lowest BCUT2D eigenvalue weighted by atomic mass is 10.00. The molecule has 4 heterocycles. The Hall–Kier alpha value is -5.17. The van der Waals surface area contributed by atoms with Gasteiger partial charge >= 0.3 is 0 Å². The van der Waals surface area contributed by atoms with Gasteiger partial charge in [-0.05, 0) is 98.7 Å². The first-order valence-corrected chi connectivity index (χ1v) is 19.9. The molecule has 0 radical (unpaired) electrons. The largest absolute Gasteiger partial charge is 0.381 e. The number of amides is 2. The molecule has 0 unspecified atom stereocenters. The zero-order valence-electron chi connectivity index (χ0n) is 32.9. The zero-order chi connectivity index (χ0) is 39.2. The van der Waals surface area contributed by atoms with Crippen molar-refractivity contribution >= 4 is 28.5 Å². The van der Waals surface area contributed by atoms with Crippen LogP contribution in [0.5, 0.6) is 0 Å². The van der Waals surface area contributed by atoms with E-state index in [4.69, 9.17) is 9.72 Å². The van der Waals surface area contributed by atoms with Crippen molar-refractivity contribution in [3.05, 3.63) is 112 Å². The molecule has 0 bridgehead atoms. The first-order valence-electron chi connectivity index (χ1n) is 19.9. The Labute approximate surface area is 328 Å². The summed E-state index contributed by atoms with van der Waals surface area (Å²) in [6.07, 6.45) is 4.31. The molecule has 2 aliphatic heterocycles. The van der Waals surface area contributed by atoms with E-state index in [-0.39, 0.29) is 36.8 Å². The van der Waals surface area contributed by atoms with Crippen LogP contribution in [0.2, 0.25) is 0 Å². The minimum atomic E-state index is -0.320. The van der Waals surface area contributed by atoms with E-state index in [1.807, 2.05) is 42.9 Å². The molecule has 2 amide bonds. The lowest BCUT2D eigenvalue weighted by molar-refractivity contribution is 0.0904. The first kappa shape index (κ1) is 39.1. The number of pyridine rings is 1. The summed E-state index contributed by atoms with van der Waals surface area (Å²) in [5, 5.41) is 18.8. The Morgan fingerprint density at radius 2 is 1.73 bits per heavy atom. The quantitative estimate of drug-likeness (QED) is 0.109. The number of carbonyl (C=O) groups is 2. The van der Waals surface area contributed by atoms with E-state index in [0.29, 0.717) is 48.9 Å². The highest BCUT2D eigenvalue weighted by Crippen LogP contribution is 2.32. The van der Waals surface area contributed by atoms with Crippen LogP contribution in [0, 0.1) is 12.7 Å². The molecular formula is C44H53FN8O3. The molecule has 2 aliphatic rings. The maximum atomic E-state index is 15.2. The minimum Gasteiger partial charge on any atom is -0.381 e. The number of nitrogens with one attached hydrogen (secondary N) is 4. The molecule has 0 spiro atoms. The van der Waals surface area contributed by atoms with Crippen molar-refractivity contribution in [2.24, 2.45) is 0 Å². The molecule has 7 rings (SSSR count). The predicted molar refractivity (Wildman–Crippen MR) is 218 cm³/mol. The van der Waals surface area contributed by atoms with Crippen molar-refractivity contribution in [1.29, 1.82) is 0 Å². The lowest BCUT2D eigenvalue weighted by Crippen LogP contribution is -2.48. The number of halogens is 1. The summed E-state index contributed by atoms with van der Waals surface area (Å²) in [6, 6.07) is 18.8. The van der Waals surface area contributed by atoms with Crippen LogP contribution in [0.3, 0.4) is 0 Å². The monoisotopic (exact) mass is 760 g/mol. The summed E-state index contributed by atoms with van der Waals surface area (Å²) in [5.41, 5.74) is 8.35. The normalized spacial score (nSPS) is 16.6. The third-order valence-corrected chi connectivity index (χ3v) is 10.8. The maximum Gasteiger partial charge on any atom is 0.251 e. The zero-order valence-corrected chi connectivity index (χ0v) is 32.9. The molecule has 2 saturated heterocycles. The van der Waals surface area contributed by atoms with Crippen LogP contribution in [0.1, 0.15) is 82.3 Å². The predicted octanol–water partition coefficient (Wildman–Crippen LogP) is 6.37. The molecule has 11 nitrogen and oxygen atoms in total. The standard InChI is InChI=1S/C44H53FN8O3/c1-5-40-37(41(50-35-12-16-56-17-13-35)38-25-49-53(6-2)42(38)51-40)24-48-44(55)34-19-28(3)18-33(22-34)43(54)47-23-30-10-11-39(45)36(21-30)32-9-7-8-31(20-32)27-52-15-14-46-29(4)26-52/h7-11,18-22,25,29,35,46H,5-6,12-17,23-24,26-27H2,1-4H3,(H,47,54)(H,48,55)(H,50,51)/t29-/m1/s1. The number of carbonyl (C=O) groups excluding carboxylic acids is 2. The van der Waals surface area contributed by atoms with Crippen LogP contribution < -0.4 is 21.3 Å². The molecular weight excluding hydrogens is 708 g/mol. The molecule has 12 heteroatoms. The van der Waals surface area contributed by atoms with Gasteiger partial charge in [-0.3, -0.25) is 14.5 Å². The Morgan fingerprint density at radius 1 is 0.964 bits per heavy atom. The summed E-state index contributed by atoms with van der Waals surface area (Å²) in [7, 11) is 0. The van der Waals surface area contributed by atoms with Gasteiger partial charge in [0.2, 0.25) is 0 Å². The van der Waals surface area contributed by atoms with Crippen LogP contribution in [0.15, 0.2) is 66.9 Å². The number of ether oxygens (including phenoxy) is 1. The van der Waals surface area contributed by atoms with E-state index in [0.717, 1.165) is 89.3 Å². The Balaban J connectivity index is 1.04. The van der Waals surface area contributed by atoms with Gasteiger partial charge in [-0.15, -0.1) is 0 Å². The highest BCUT2D eigenvalue weighted by molar-refractivity contribution is 6.00. The van der Waals surface area contributed by atoms with Gasteiger partial charge < -0.3 is 26.0 Å². The van der Waals surface area contributed by atoms with Crippen LogP contribution >= 0.6 is 0 Å². The van der Waals surface area contributed by atoms with Crippen molar-refractivity contribution in [1.82, 2.24) is 35.6 Å². The molecule has 4 N–H and O–H groups in total. The highest BCUT2D eigenvalue weighted by atomic mass is 19.1. The second kappa shape index (κ2) is 17.7. The van der Waals surface area contributed by atoms with Crippen molar-refractivity contribution in [3.8, 4) is 11.1 Å². The summed E-state index contributed by atoms with van der Waals surface area (Å²) in [5.74, 6) is -0.922. The number of fused-ring (bicyclic) bond motifs is 1. The Morgan fingerprint density at radius 3 is 2.46 bits per heavy atom. The summed E-state index contributed by atoms with van der Waals surface area (Å²) < 4.78 is 22.7. The Bertz CT molecular complexity index is 2200. The Kier molecular flexibility index (Phi) is 12.4. The number of aryl methyl sites for hydroxylation is 3. The van der Waals surface area contributed by atoms with Crippen LogP contribution in [0.4, 0.5) is 10.1 Å². The average Bonchev–Trinajstić information content (AvgIpc) is 3.63. The molecule has 0 aliphatic carbocycles. The first-order chi connectivity index (χ1) is 27.2. The highest BCUT2D eigenvalue weighted by Gasteiger charge is 2.23. The number of anilines is 1. The summed E-state index contributed by atoms with van der Waals surface area (Å²) in [6.45, 7) is 14.4. The molecule has 56 heavy (non-hydrogen) atoms. The van der Waals surface area contributed by atoms with E-state index in [2.05, 4.69) is 51.2 Å². The molecule has 1 atom stereocenters. The molecule has 0 saturated carbocycles. The number of piperazine rings is 1. The van der Waals surface area contributed by atoms with E-state index in [9.17, 15) is 9.59 Å². The summed E-state index contributed by atoms with van der Waals surface area (Å²) >= 11 is 0. The number of benzene rings is 3. The van der Waals surface area contributed by atoms with Crippen LogP contribution in [-0.4, -0.2) is 76.4 Å². The second-order valence-corrected chi connectivity index (χ2v) is 15.1. The van der Waals surface area contributed by atoms with E-state index < -0.39 is 0 Å². The second-order valence-electron chi connectivity index (χ2n) is 15.1. The third kappa shape index (κ3) is 9.09. The van der Waals surface area contributed by atoms with Crippen molar-refractivity contribution in [2.45, 2.75) is 85.2 Å². The fourth-order valence-corrected chi connectivity index (χ4v) is 7.86. The number of hydrogen-bond donors (Lipinski definition) is 4. The van der Waals surface area contributed by atoms with Gasteiger partial charge in [0.15, 0.2) is 5.65 Å².